The molecule has 8 aromatic rings. The maximum Gasteiger partial charge on any atom is 0.416 e. The first-order valence-electron chi connectivity index (χ1n) is 45.3. The third-order valence-electron chi connectivity index (χ3n) is 27.4. The maximum absolute atomic E-state index is 13.6. The highest BCUT2D eigenvalue weighted by Gasteiger charge is 2.57. The van der Waals surface area contributed by atoms with E-state index in [-0.39, 0.29) is 127 Å². The van der Waals surface area contributed by atoms with Gasteiger partial charge in [0, 0.05) is 92.1 Å². The number of aliphatic hydroxyl groups excluding tert-OH is 1. The Labute approximate surface area is 810 Å². The highest BCUT2D eigenvalue weighted by molar-refractivity contribution is 6.00. The minimum absolute atomic E-state index is 0.0338. The number of halogens is 28. The molecule has 145 heavy (non-hydrogen) atoms. The topological polar surface area (TPSA) is 217 Å². The van der Waals surface area contributed by atoms with E-state index in [4.69, 9.17) is 35.2 Å². The van der Waals surface area contributed by atoms with Crippen LogP contribution < -0.4 is 11.5 Å². The van der Waals surface area contributed by atoms with Crippen molar-refractivity contribution in [3.8, 4) is 0 Å². The third kappa shape index (κ3) is 25.4. The Morgan fingerprint density at radius 3 is 0.903 bits per heavy atom. The molecule has 5 N–H and O–H groups in total. The summed E-state index contributed by atoms with van der Waals surface area (Å²) in [5.74, 6) is -6.77. The van der Waals surface area contributed by atoms with Gasteiger partial charge in [0.1, 0.15) is 23.3 Å². The molecule has 45 heteroatoms. The predicted molar refractivity (Wildman–Crippen MR) is 461 cm³/mol. The monoisotopic (exact) mass is 2090 g/mol. The number of aliphatic hydroxyl groups is 1. The fourth-order valence-corrected chi connectivity index (χ4v) is 20.2. The Bertz CT molecular complexity index is 5880. The van der Waals surface area contributed by atoms with Crippen molar-refractivity contribution in [2.45, 2.75) is 237 Å². The van der Waals surface area contributed by atoms with Crippen molar-refractivity contribution in [2.75, 3.05) is 39.9 Å². The van der Waals surface area contributed by atoms with Crippen LogP contribution in [0.1, 0.15) is 217 Å². The highest BCUT2D eigenvalue weighted by Crippen LogP contribution is 2.52. The van der Waals surface area contributed by atoms with Crippen molar-refractivity contribution in [2.24, 2.45) is 17.4 Å². The van der Waals surface area contributed by atoms with E-state index >= 15 is 0 Å². The van der Waals surface area contributed by atoms with Crippen molar-refractivity contribution >= 4 is 29.6 Å². The van der Waals surface area contributed by atoms with Gasteiger partial charge in [-0.3, -0.25) is 19.2 Å². The molecule has 3 unspecified atom stereocenters. The van der Waals surface area contributed by atoms with Crippen LogP contribution in [-0.4, -0.2) is 154 Å². The first-order chi connectivity index (χ1) is 67.3. The van der Waals surface area contributed by atoms with E-state index in [1.807, 2.05) is 0 Å². The number of nitrogens with two attached hydrogens (primary N) is 2. The van der Waals surface area contributed by atoms with E-state index in [2.05, 4.69) is 0 Å². The average Bonchev–Trinajstić information content (AvgIpc) is 1.66. The zero-order valence-corrected chi connectivity index (χ0v) is 77.2. The smallest absolute Gasteiger partial charge is 0.416 e. The number of hydrogen-bond acceptors (Lipinski definition) is 13. The average molecular weight is 2090 g/mol. The van der Waals surface area contributed by atoms with Crippen LogP contribution in [0.5, 0.6) is 0 Å². The summed E-state index contributed by atoms with van der Waals surface area (Å²) < 4.78 is 403. The van der Waals surface area contributed by atoms with Crippen LogP contribution in [0.4, 0.5) is 123 Å². The number of esters is 1. The van der Waals surface area contributed by atoms with Gasteiger partial charge in [-0.05, 0) is 239 Å². The van der Waals surface area contributed by atoms with Crippen molar-refractivity contribution in [1.82, 2.24) is 19.6 Å². The first kappa shape index (κ1) is 111. The van der Waals surface area contributed by atoms with Crippen LogP contribution in [0, 0.1) is 29.2 Å². The van der Waals surface area contributed by atoms with Crippen molar-refractivity contribution in [1.29, 1.82) is 0 Å². The number of amides is 4. The van der Waals surface area contributed by atoms with E-state index in [0.29, 0.717) is 109 Å². The van der Waals surface area contributed by atoms with Gasteiger partial charge in [0.15, 0.2) is 0 Å². The van der Waals surface area contributed by atoms with Crippen LogP contribution in [-0.2, 0) is 97.1 Å². The summed E-state index contributed by atoms with van der Waals surface area (Å²) >= 11 is 0. The summed E-state index contributed by atoms with van der Waals surface area (Å²) in [7, 11) is 1.16. The Morgan fingerprint density at radius 2 is 0.628 bits per heavy atom. The molecule has 0 radical (unpaired) electrons. The number of rotatable bonds is 18. The SMILES string of the molecule is COC(=O)C1=CC(=O)N2C[C@H](O[C@H](C)c3cc(C(F)(F)F)cc(C(F)(F)F)c3)[C@@H](c3ccc(F)cc3)[C@@H]2C1.C[C@@H](O[C@H]1CN2C(=O)C(C)(N)CC[C@H]2[C@@H]1c1ccc(F)cc1)c1cc(C(F)(F)F)cc(C(F)(F)F)c1.C[C@@H](O[C@H]1CN2C(=O)C(CO)CC[C@H]2[C@@H]1c1ccc(F)cc1)c1cc(C(F)(F)F)cc(C(F)(F)F)c1.C[C@@H](O[C@H]1CN2C(=O)C(N)CC[C@H]2[C@@H]1c1ccc(F)cc1)c1cc(C(F)(F)F)cc(C(F)(F)F)c1. The second-order valence-corrected chi connectivity index (χ2v) is 37.1. The number of carbonyl (C=O) groups excluding carboxylic acids is 5. The summed E-state index contributed by atoms with van der Waals surface area (Å²) in [6.07, 6.45) is -43.9. The van der Waals surface area contributed by atoms with Crippen LogP contribution in [0.3, 0.4) is 0 Å². The largest absolute Gasteiger partial charge is 0.466 e. The Kier molecular flexibility index (Phi) is 32.4. The number of methoxy groups -OCH3 is 1. The lowest BCUT2D eigenvalue weighted by Gasteiger charge is -2.40. The molecule has 7 fully saturated rings. The summed E-state index contributed by atoms with van der Waals surface area (Å²) in [6, 6.07) is 24.8. The number of alkyl halides is 24. The molecule has 8 aliphatic rings. The van der Waals surface area contributed by atoms with Gasteiger partial charge in [0.05, 0.1) is 125 Å². The minimum atomic E-state index is -5.03. The highest BCUT2D eigenvalue weighted by atomic mass is 19.4. The van der Waals surface area contributed by atoms with E-state index in [9.17, 15) is 152 Å². The molecule has 4 amide bonds. The van der Waals surface area contributed by atoms with Crippen LogP contribution in [0.15, 0.2) is 182 Å². The number of benzene rings is 8. The van der Waals surface area contributed by atoms with E-state index in [1.54, 1.807) is 21.6 Å². The molecule has 0 aromatic heterocycles. The standard InChI is InChI=1S/C26H22F7NO4.C25H25F7N2O2.C25H24F7NO3.C24H23F7N2O2/c1-13(15-7-17(25(28,29)30)11-18(8-15)26(31,32)33)38-21-12-34-20(9-16(10-22(34)35)24(36)37-2)23(21)14-3-5-19(27)6-4-14;1-13(15-9-16(24(27,28)29)11-17(10-15)25(30,31)32)36-20-12-34-19(7-8-23(2,33)22(34)35)21(20)14-3-5-18(26)6-4-14;1-13(16-8-17(24(27,28)29)10-18(9-16)25(30,31)32)36-21-11-33-20(7-4-15(12-34)23(33)35)22(21)14-2-5-19(26)6-3-14;1-12(14-8-15(23(26,27)28)10-16(9-14)24(29,30)31)35-20-11-33-19(7-6-18(32)22(33)34)21(20)13-2-4-17(25)5-3-13/h3-8,10-11,13,20-21,23H,9,12H2,1-2H3;3-6,9-11,13,19-21H,7-8,12,33H2,1-2H3;2-3,5-6,8-10,13,15,20-22,34H,4,7,11-12H2,1H3;2-5,8-10,12,18-21H,6-7,11,32H2,1H3/t13-,20+,21+,23+;13-,19+,20+,21+,23?;13-,15?,20+,21+,22+;12-,18?,19+,20+,21+/m1111/s1. The maximum atomic E-state index is 13.6. The molecule has 8 heterocycles. The fourth-order valence-electron chi connectivity index (χ4n) is 20.2. The second kappa shape index (κ2) is 42.5. The molecule has 0 aliphatic carbocycles. The molecule has 8 aromatic carbocycles. The predicted octanol–water partition coefficient (Wildman–Crippen LogP) is 22.8. The van der Waals surface area contributed by atoms with Gasteiger partial charge in [-0.1, -0.05) is 48.5 Å². The third-order valence-corrected chi connectivity index (χ3v) is 27.4. The molecular weight excluding hydrogens is 1990 g/mol. The van der Waals surface area contributed by atoms with E-state index in [0.717, 1.165) is 13.2 Å². The van der Waals surface area contributed by atoms with Crippen molar-refractivity contribution < 1.29 is 176 Å². The van der Waals surface area contributed by atoms with Crippen LogP contribution in [0.25, 0.3) is 0 Å². The number of hydrogen-bond donors (Lipinski definition) is 3. The minimum Gasteiger partial charge on any atom is -0.466 e. The van der Waals surface area contributed by atoms with Crippen molar-refractivity contribution in [3.63, 3.8) is 0 Å². The second-order valence-electron chi connectivity index (χ2n) is 37.1. The molecular formula is C100H94F28N6O11. The Morgan fingerprint density at radius 1 is 0.372 bits per heavy atom. The van der Waals surface area contributed by atoms with Crippen LogP contribution in [0.2, 0.25) is 0 Å². The van der Waals surface area contributed by atoms with Crippen LogP contribution >= 0.6 is 0 Å². The van der Waals surface area contributed by atoms with Crippen molar-refractivity contribution in [3.05, 3.63) is 294 Å². The molecule has 16 rings (SSSR count). The van der Waals surface area contributed by atoms with E-state index < -0.39 is 225 Å². The van der Waals surface area contributed by atoms with E-state index in [1.165, 1.54) is 130 Å². The molecule has 19 atom stereocenters. The van der Waals surface area contributed by atoms with Gasteiger partial charge in [0.25, 0.3) is 0 Å². The zero-order chi connectivity index (χ0) is 107. The number of nitrogens with zero attached hydrogens (tertiary/aromatic N) is 4. The van der Waals surface area contributed by atoms with Gasteiger partial charge in [-0.2, -0.15) is 105 Å². The summed E-state index contributed by atoms with van der Waals surface area (Å²) in [4.78, 5) is 69.6. The molecule has 8 aliphatic heterocycles. The molecule has 786 valence electrons. The normalized spacial score (nSPS) is 25.5. The number of piperidine rings is 3. The summed E-state index contributed by atoms with van der Waals surface area (Å²) in [5.41, 5.74) is 0.681. The lowest BCUT2D eigenvalue weighted by atomic mass is 9.81. The summed E-state index contributed by atoms with van der Waals surface area (Å²) in [5, 5.41) is 9.53. The lowest BCUT2D eigenvalue weighted by Crippen LogP contribution is -2.59. The quantitative estimate of drug-likeness (QED) is 0.0539. The van der Waals surface area contributed by atoms with Gasteiger partial charge in [0.2, 0.25) is 23.6 Å². The molecule has 0 spiro atoms. The Hall–Kier alpha value is -11.4. The molecule has 0 saturated carbocycles. The zero-order valence-electron chi connectivity index (χ0n) is 77.2. The fraction of sp³-hybridized carbons (Fsp3) is 0.450. The summed E-state index contributed by atoms with van der Waals surface area (Å²) in [6.45, 7) is 6.77. The Balaban J connectivity index is 0.000000162. The first-order valence-corrected chi connectivity index (χ1v) is 45.3. The lowest BCUT2D eigenvalue weighted by molar-refractivity contribution is -0.145. The van der Waals surface area contributed by atoms with Gasteiger partial charge in [-0.15, -0.1) is 0 Å². The molecule has 7 saturated heterocycles. The van der Waals surface area contributed by atoms with Gasteiger partial charge in [-0.25, -0.2) is 22.4 Å². The molecule has 17 nitrogen and oxygen atoms in total. The number of ether oxygens (including phenoxy) is 5. The molecule has 0 bridgehead atoms. The van der Waals surface area contributed by atoms with Gasteiger partial charge < -0.3 is 59.9 Å². The van der Waals surface area contributed by atoms with Gasteiger partial charge >= 0.3 is 55.4 Å². The number of fused-ring (bicyclic) bond motifs is 4. The number of carbonyl (C=O) groups is 5.